The summed E-state index contributed by atoms with van der Waals surface area (Å²) in [5, 5.41) is 3.04. The number of nitrogens with zero attached hydrogens (tertiary/aromatic N) is 1. The Morgan fingerprint density at radius 2 is 1.83 bits per heavy atom. The van der Waals surface area contributed by atoms with E-state index in [2.05, 4.69) is 12.2 Å². The molecule has 1 N–H and O–H groups in total. The van der Waals surface area contributed by atoms with Gasteiger partial charge in [0.2, 0.25) is 11.8 Å². The molecule has 2 amide bonds. The number of carbonyl (C=O) groups is 2. The lowest BCUT2D eigenvalue weighted by Gasteiger charge is -2.31. The van der Waals surface area contributed by atoms with Gasteiger partial charge in [0.1, 0.15) is 5.75 Å². The molecule has 3 rings (SSSR count). The van der Waals surface area contributed by atoms with E-state index in [1.807, 2.05) is 60.4 Å². The summed E-state index contributed by atoms with van der Waals surface area (Å²) in [6.45, 7) is 5.96. The Labute approximate surface area is 179 Å². The van der Waals surface area contributed by atoms with Crippen LogP contribution < -0.4 is 10.1 Å². The highest BCUT2D eigenvalue weighted by Crippen LogP contribution is 2.28. The van der Waals surface area contributed by atoms with E-state index in [-0.39, 0.29) is 17.7 Å². The summed E-state index contributed by atoms with van der Waals surface area (Å²) in [5.74, 6) is 0.824. The summed E-state index contributed by atoms with van der Waals surface area (Å²) >= 11 is 0. The Morgan fingerprint density at radius 3 is 2.53 bits per heavy atom. The van der Waals surface area contributed by atoms with Crippen molar-refractivity contribution >= 4 is 17.5 Å². The van der Waals surface area contributed by atoms with E-state index in [1.165, 1.54) is 5.56 Å². The number of carbonyl (C=O) groups excluding carboxylic acids is 2. The second-order valence-corrected chi connectivity index (χ2v) is 7.98. The number of hydrogen-bond donors (Lipinski definition) is 1. The lowest BCUT2D eigenvalue weighted by atomic mass is 9.95. The maximum Gasteiger partial charge on any atom is 0.227 e. The number of ether oxygens (including phenoxy) is 1. The number of aryl methyl sites for hydroxylation is 2. The summed E-state index contributed by atoms with van der Waals surface area (Å²) < 4.78 is 5.80. The van der Waals surface area contributed by atoms with Gasteiger partial charge >= 0.3 is 0 Å². The molecule has 1 heterocycles. The predicted octanol–water partition coefficient (Wildman–Crippen LogP) is 4.59. The van der Waals surface area contributed by atoms with Gasteiger partial charge in [-0.25, -0.2) is 0 Å². The minimum atomic E-state index is -0.0801. The number of benzene rings is 2. The zero-order valence-electron chi connectivity index (χ0n) is 18.0. The molecular formula is C25H32N2O3. The van der Waals surface area contributed by atoms with Gasteiger partial charge in [-0.15, -0.1) is 0 Å². The van der Waals surface area contributed by atoms with Crippen LogP contribution in [0.15, 0.2) is 48.5 Å². The number of likely N-dealkylation sites (tertiary alicyclic amines) is 1. The summed E-state index contributed by atoms with van der Waals surface area (Å²) in [6.07, 6.45) is 3.58. The molecule has 5 nitrogen and oxygen atoms in total. The monoisotopic (exact) mass is 408 g/mol. The summed E-state index contributed by atoms with van der Waals surface area (Å²) in [6, 6.07) is 15.9. The first kappa shape index (κ1) is 21.9. The molecule has 1 saturated heterocycles. The van der Waals surface area contributed by atoms with Crippen LogP contribution in [-0.4, -0.2) is 36.4 Å². The van der Waals surface area contributed by atoms with E-state index in [0.29, 0.717) is 39.0 Å². The van der Waals surface area contributed by atoms with E-state index in [0.717, 1.165) is 29.8 Å². The van der Waals surface area contributed by atoms with E-state index < -0.39 is 0 Å². The summed E-state index contributed by atoms with van der Waals surface area (Å²) in [7, 11) is 0. The molecule has 5 heteroatoms. The van der Waals surface area contributed by atoms with Crippen molar-refractivity contribution in [2.24, 2.45) is 5.92 Å². The molecule has 0 unspecified atom stereocenters. The molecule has 2 aromatic rings. The van der Waals surface area contributed by atoms with Gasteiger partial charge < -0.3 is 15.0 Å². The van der Waals surface area contributed by atoms with Gasteiger partial charge in [-0.05, 0) is 55.9 Å². The average Bonchev–Trinajstić information content (AvgIpc) is 2.78. The van der Waals surface area contributed by atoms with Crippen LogP contribution >= 0.6 is 0 Å². The Hall–Kier alpha value is -2.82. The van der Waals surface area contributed by atoms with Crippen LogP contribution in [0.5, 0.6) is 5.75 Å². The molecule has 1 fully saturated rings. The Kier molecular flexibility index (Phi) is 7.89. The topological polar surface area (TPSA) is 58.6 Å². The van der Waals surface area contributed by atoms with Crippen LogP contribution in [0, 0.1) is 12.8 Å². The molecule has 30 heavy (non-hydrogen) atoms. The van der Waals surface area contributed by atoms with Crippen LogP contribution in [0.25, 0.3) is 0 Å². The zero-order valence-corrected chi connectivity index (χ0v) is 18.0. The summed E-state index contributed by atoms with van der Waals surface area (Å²) in [4.78, 5) is 27.2. The smallest absolute Gasteiger partial charge is 0.227 e. The molecule has 0 spiro atoms. The number of rotatable bonds is 8. The highest BCUT2D eigenvalue weighted by Gasteiger charge is 2.27. The average molecular weight is 409 g/mol. The summed E-state index contributed by atoms with van der Waals surface area (Å²) in [5.41, 5.74) is 3.00. The third kappa shape index (κ3) is 6.09. The zero-order chi connectivity index (χ0) is 21.3. The van der Waals surface area contributed by atoms with Gasteiger partial charge in [0, 0.05) is 25.4 Å². The predicted molar refractivity (Wildman–Crippen MR) is 120 cm³/mol. The van der Waals surface area contributed by atoms with Crippen molar-refractivity contribution in [1.29, 1.82) is 0 Å². The molecular weight excluding hydrogens is 376 g/mol. The highest BCUT2D eigenvalue weighted by molar-refractivity contribution is 5.94. The normalized spacial score (nSPS) is 14.4. The fraction of sp³-hybridized carbons (Fsp3) is 0.440. The fourth-order valence-electron chi connectivity index (χ4n) is 3.74. The van der Waals surface area contributed by atoms with E-state index >= 15 is 0 Å². The molecule has 160 valence electrons. The van der Waals surface area contributed by atoms with E-state index in [9.17, 15) is 9.59 Å². The first-order valence-corrected chi connectivity index (χ1v) is 10.9. The van der Waals surface area contributed by atoms with Crippen LogP contribution in [0.3, 0.4) is 0 Å². The van der Waals surface area contributed by atoms with Gasteiger partial charge in [0.15, 0.2) is 0 Å². The molecule has 0 atom stereocenters. The number of anilines is 1. The number of hydrogen-bond acceptors (Lipinski definition) is 3. The molecule has 2 aromatic carbocycles. The minimum Gasteiger partial charge on any atom is -0.491 e. The highest BCUT2D eigenvalue weighted by atomic mass is 16.5. The van der Waals surface area contributed by atoms with Crippen molar-refractivity contribution in [2.75, 3.05) is 25.0 Å². The Balaban J connectivity index is 1.49. The fourth-order valence-corrected chi connectivity index (χ4v) is 3.74. The van der Waals surface area contributed by atoms with Crippen LogP contribution in [0.4, 0.5) is 5.69 Å². The largest absolute Gasteiger partial charge is 0.491 e. The van der Waals surface area contributed by atoms with Crippen molar-refractivity contribution in [2.45, 2.75) is 46.0 Å². The van der Waals surface area contributed by atoms with Crippen molar-refractivity contribution in [1.82, 2.24) is 4.90 Å². The van der Waals surface area contributed by atoms with Crippen LogP contribution in [-0.2, 0) is 16.0 Å². The van der Waals surface area contributed by atoms with Crippen molar-refractivity contribution < 1.29 is 14.3 Å². The van der Waals surface area contributed by atoms with Gasteiger partial charge in [-0.3, -0.25) is 9.59 Å². The van der Waals surface area contributed by atoms with Crippen molar-refractivity contribution in [3.05, 3.63) is 59.7 Å². The molecule has 0 bridgehead atoms. The maximum absolute atomic E-state index is 12.8. The van der Waals surface area contributed by atoms with Gasteiger partial charge in [-0.1, -0.05) is 43.3 Å². The first-order chi connectivity index (χ1) is 14.6. The van der Waals surface area contributed by atoms with Gasteiger partial charge in [-0.2, -0.15) is 0 Å². The third-order valence-electron chi connectivity index (χ3n) is 5.55. The molecule has 0 radical (unpaired) electrons. The standard InChI is InChI=1S/C25H32N2O3/c1-3-17-30-23-18-19(2)9-11-22(23)26-25(29)21-13-15-27(16-14-21)24(28)12-10-20-7-5-4-6-8-20/h4-9,11,18,21H,3,10,12-17H2,1-2H3,(H,26,29). The number of amides is 2. The Morgan fingerprint density at radius 1 is 1.10 bits per heavy atom. The first-order valence-electron chi connectivity index (χ1n) is 10.9. The van der Waals surface area contributed by atoms with Gasteiger partial charge in [0.05, 0.1) is 12.3 Å². The third-order valence-corrected chi connectivity index (χ3v) is 5.55. The maximum atomic E-state index is 12.8. The number of piperidine rings is 1. The lowest BCUT2D eigenvalue weighted by Crippen LogP contribution is -2.41. The lowest BCUT2D eigenvalue weighted by molar-refractivity contribution is -0.134. The van der Waals surface area contributed by atoms with E-state index in [4.69, 9.17) is 4.74 Å². The van der Waals surface area contributed by atoms with E-state index in [1.54, 1.807) is 0 Å². The molecule has 1 aliphatic rings. The molecule has 0 aliphatic carbocycles. The van der Waals surface area contributed by atoms with Crippen molar-refractivity contribution in [3.63, 3.8) is 0 Å². The number of nitrogens with one attached hydrogen (secondary N) is 1. The SMILES string of the molecule is CCCOc1cc(C)ccc1NC(=O)C1CCN(C(=O)CCc2ccccc2)CC1. The minimum absolute atomic E-state index is 0.0107. The van der Waals surface area contributed by atoms with Crippen molar-refractivity contribution in [3.8, 4) is 5.75 Å². The Bertz CT molecular complexity index is 843. The molecule has 1 aliphatic heterocycles. The second-order valence-electron chi connectivity index (χ2n) is 7.98. The van der Waals surface area contributed by atoms with Gasteiger partial charge in [0.25, 0.3) is 0 Å². The quantitative estimate of drug-likeness (QED) is 0.695. The molecule has 0 saturated carbocycles. The molecule has 0 aromatic heterocycles. The van der Waals surface area contributed by atoms with Crippen LogP contribution in [0.1, 0.15) is 43.7 Å². The van der Waals surface area contributed by atoms with Crippen LogP contribution in [0.2, 0.25) is 0 Å². The second kappa shape index (κ2) is 10.8.